The average Bonchev–Trinajstić information content (AvgIpc) is 3.39. The van der Waals surface area contributed by atoms with Crippen LogP contribution in [0.15, 0.2) is 59.0 Å². The number of anilines is 1. The molecular formula is C23H17N7O2S. The summed E-state index contributed by atoms with van der Waals surface area (Å²) in [4.78, 5) is 36.0. The quantitative estimate of drug-likeness (QED) is 0.402. The van der Waals surface area contributed by atoms with E-state index in [4.69, 9.17) is 17.1 Å². The molecule has 0 radical (unpaired) electrons. The maximum atomic E-state index is 13.5. The first-order valence-corrected chi connectivity index (χ1v) is 10.8. The summed E-state index contributed by atoms with van der Waals surface area (Å²) in [5, 5.41) is 8.73. The number of nitrogens with two attached hydrogens (primary N) is 1. The smallest absolute Gasteiger partial charge is 0.267 e. The molecule has 9 nitrogen and oxygen atoms in total. The first-order valence-electron chi connectivity index (χ1n) is 9.95. The van der Waals surface area contributed by atoms with Crippen molar-refractivity contribution in [3.8, 4) is 23.5 Å². The normalized spacial score (nSPS) is 12.0. The topological polar surface area (TPSA) is 120 Å². The number of fused-ring (bicyclic) bond motifs is 2. The molecular weight excluding hydrogens is 438 g/mol. The zero-order chi connectivity index (χ0) is 23.1. The maximum absolute atomic E-state index is 13.5. The van der Waals surface area contributed by atoms with Crippen LogP contribution in [0, 0.1) is 12.3 Å². The molecule has 5 rings (SSSR count). The fraction of sp³-hybridized carbons (Fsp3) is 0.0870. The van der Waals surface area contributed by atoms with E-state index in [9.17, 15) is 9.59 Å². The number of hydrogen-bond donors (Lipinski definition) is 2. The van der Waals surface area contributed by atoms with Gasteiger partial charge in [-0.2, -0.15) is 0 Å². The fourth-order valence-corrected chi connectivity index (χ4v) is 4.55. The van der Waals surface area contributed by atoms with Crippen LogP contribution < -0.4 is 16.6 Å². The van der Waals surface area contributed by atoms with Crippen molar-refractivity contribution in [2.45, 2.75) is 13.0 Å². The van der Waals surface area contributed by atoms with Crippen molar-refractivity contribution in [1.82, 2.24) is 29.3 Å². The standard InChI is InChI=1S/C23H17N7O2S/c1-3-15-12-33-23-27-18(16(22(32)30(15)23)14-8-5-4-6-9-14)13(2)26-21(31)17-19(24)28-29-11-7-10-25-20(17)29/h1,4-13H,2H3,(H2,24,28)(H,26,31)/t13-/m1/s1. The van der Waals surface area contributed by atoms with Crippen LogP contribution in [0.4, 0.5) is 5.82 Å². The summed E-state index contributed by atoms with van der Waals surface area (Å²) in [7, 11) is 0. The molecule has 0 saturated carbocycles. The average molecular weight is 456 g/mol. The largest absolute Gasteiger partial charge is 0.381 e. The van der Waals surface area contributed by atoms with Gasteiger partial charge in [-0.1, -0.05) is 36.3 Å². The molecule has 10 heteroatoms. The third-order valence-corrected chi connectivity index (χ3v) is 6.04. The van der Waals surface area contributed by atoms with Crippen LogP contribution in [-0.4, -0.2) is 29.9 Å². The number of nitrogens with one attached hydrogen (secondary N) is 1. The lowest BCUT2D eigenvalue weighted by Gasteiger charge is -2.17. The summed E-state index contributed by atoms with van der Waals surface area (Å²) < 4.78 is 2.85. The molecule has 0 aliphatic rings. The van der Waals surface area contributed by atoms with Crippen molar-refractivity contribution in [3.63, 3.8) is 0 Å². The number of hydrogen-bond acceptors (Lipinski definition) is 7. The summed E-state index contributed by atoms with van der Waals surface area (Å²) >= 11 is 1.26. The van der Waals surface area contributed by atoms with Gasteiger partial charge in [0.1, 0.15) is 11.3 Å². The van der Waals surface area contributed by atoms with Gasteiger partial charge in [0.05, 0.1) is 17.3 Å². The van der Waals surface area contributed by atoms with Gasteiger partial charge in [0.25, 0.3) is 11.5 Å². The highest BCUT2D eigenvalue weighted by atomic mass is 32.1. The minimum atomic E-state index is -0.625. The molecule has 0 fully saturated rings. The van der Waals surface area contributed by atoms with Gasteiger partial charge in [-0.15, -0.1) is 22.9 Å². The molecule has 4 aromatic heterocycles. The van der Waals surface area contributed by atoms with E-state index < -0.39 is 11.9 Å². The summed E-state index contributed by atoms with van der Waals surface area (Å²) in [6, 6.07) is 10.2. The van der Waals surface area contributed by atoms with Gasteiger partial charge in [-0.25, -0.2) is 18.9 Å². The first kappa shape index (κ1) is 20.4. The summed E-state index contributed by atoms with van der Waals surface area (Å²) in [5.41, 5.74) is 8.07. The predicted octanol–water partition coefficient (Wildman–Crippen LogP) is 2.52. The van der Waals surface area contributed by atoms with Crippen molar-refractivity contribution in [2.75, 3.05) is 5.73 Å². The number of thiazole rings is 1. The van der Waals surface area contributed by atoms with E-state index in [1.54, 1.807) is 30.8 Å². The van der Waals surface area contributed by atoms with Gasteiger partial charge in [-0.05, 0) is 18.6 Å². The SMILES string of the molecule is C#Cc1csc2nc([C@@H](C)NC(=O)c3c(N)nn4cccnc34)c(-c3ccccc3)c(=O)n12. The van der Waals surface area contributed by atoms with Gasteiger partial charge in [0.2, 0.25) is 0 Å². The number of benzene rings is 1. The molecule has 5 aromatic rings. The number of amides is 1. The van der Waals surface area contributed by atoms with Gasteiger partial charge in [0, 0.05) is 17.8 Å². The molecule has 0 bridgehead atoms. The van der Waals surface area contributed by atoms with Crippen LogP contribution >= 0.6 is 11.3 Å². The van der Waals surface area contributed by atoms with E-state index in [1.165, 1.54) is 20.3 Å². The molecule has 0 spiro atoms. The van der Waals surface area contributed by atoms with Crippen molar-refractivity contribution < 1.29 is 4.79 Å². The van der Waals surface area contributed by atoms with E-state index in [2.05, 4.69) is 21.3 Å². The Kier molecular flexibility index (Phi) is 4.88. The molecule has 0 aliphatic carbocycles. The number of rotatable bonds is 4. The van der Waals surface area contributed by atoms with Crippen LogP contribution in [0.1, 0.15) is 34.7 Å². The number of carbonyl (C=O) groups is 1. The lowest BCUT2D eigenvalue weighted by molar-refractivity contribution is 0.0941. The second-order valence-corrected chi connectivity index (χ2v) is 8.11. The molecule has 0 aliphatic heterocycles. The molecule has 0 unspecified atom stereocenters. The van der Waals surface area contributed by atoms with Crippen molar-refractivity contribution in [2.24, 2.45) is 0 Å². The Morgan fingerprint density at radius 3 is 2.82 bits per heavy atom. The highest BCUT2D eigenvalue weighted by Gasteiger charge is 2.25. The third-order valence-electron chi connectivity index (χ3n) is 5.21. The van der Waals surface area contributed by atoms with Crippen molar-refractivity contribution in [1.29, 1.82) is 0 Å². The van der Waals surface area contributed by atoms with Gasteiger partial charge < -0.3 is 11.1 Å². The molecule has 1 atom stereocenters. The minimum absolute atomic E-state index is 0.0575. The van der Waals surface area contributed by atoms with E-state index in [-0.39, 0.29) is 16.9 Å². The fourth-order valence-electron chi connectivity index (χ4n) is 3.72. The van der Waals surface area contributed by atoms with E-state index >= 15 is 0 Å². The summed E-state index contributed by atoms with van der Waals surface area (Å²) in [6.45, 7) is 1.76. The van der Waals surface area contributed by atoms with Crippen LogP contribution in [0.3, 0.4) is 0 Å². The molecule has 3 N–H and O–H groups in total. The van der Waals surface area contributed by atoms with Crippen LogP contribution in [0.2, 0.25) is 0 Å². The Morgan fingerprint density at radius 2 is 2.06 bits per heavy atom. The zero-order valence-electron chi connectivity index (χ0n) is 17.4. The lowest BCUT2D eigenvalue weighted by atomic mass is 10.0. The number of nitrogens with zero attached hydrogens (tertiary/aromatic N) is 5. The van der Waals surface area contributed by atoms with Crippen LogP contribution in [0.25, 0.3) is 21.7 Å². The monoisotopic (exact) mass is 455 g/mol. The Balaban J connectivity index is 1.63. The second-order valence-electron chi connectivity index (χ2n) is 7.27. The van der Waals surface area contributed by atoms with Crippen LogP contribution in [0.5, 0.6) is 0 Å². The Bertz CT molecular complexity index is 1630. The summed E-state index contributed by atoms with van der Waals surface area (Å²) in [6.07, 6.45) is 8.79. The van der Waals surface area contributed by atoms with Crippen molar-refractivity contribution >= 4 is 33.7 Å². The Morgan fingerprint density at radius 1 is 1.27 bits per heavy atom. The number of carbonyl (C=O) groups excluding carboxylic acids is 1. The highest BCUT2D eigenvalue weighted by molar-refractivity contribution is 7.15. The Hall–Kier alpha value is -4.49. The molecule has 33 heavy (non-hydrogen) atoms. The number of terminal acetylenes is 1. The number of nitrogen functional groups attached to an aromatic ring is 1. The van der Waals surface area contributed by atoms with Crippen molar-refractivity contribution in [3.05, 3.63) is 81.5 Å². The first-order chi connectivity index (χ1) is 16.0. The molecule has 0 saturated heterocycles. The number of aromatic nitrogens is 5. The maximum Gasteiger partial charge on any atom is 0.267 e. The van der Waals surface area contributed by atoms with Gasteiger partial charge in [-0.3, -0.25) is 9.59 Å². The lowest BCUT2D eigenvalue weighted by Crippen LogP contribution is -2.30. The van der Waals surface area contributed by atoms with Crippen LogP contribution in [-0.2, 0) is 0 Å². The third kappa shape index (κ3) is 3.31. The highest BCUT2D eigenvalue weighted by Crippen LogP contribution is 2.27. The molecule has 1 aromatic carbocycles. The predicted molar refractivity (Wildman–Crippen MR) is 126 cm³/mol. The molecule has 162 valence electrons. The minimum Gasteiger partial charge on any atom is -0.381 e. The molecule has 4 heterocycles. The van der Waals surface area contributed by atoms with E-state index in [1.807, 2.05) is 30.3 Å². The zero-order valence-corrected chi connectivity index (χ0v) is 18.2. The molecule has 1 amide bonds. The van der Waals surface area contributed by atoms with E-state index in [0.717, 1.165) is 0 Å². The summed E-state index contributed by atoms with van der Waals surface area (Å²) in [5.74, 6) is 2.12. The second kappa shape index (κ2) is 7.89. The Labute approximate surface area is 191 Å². The van der Waals surface area contributed by atoms with Gasteiger partial charge in [0.15, 0.2) is 16.4 Å². The van der Waals surface area contributed by atoms with Gasteiger partial charge >= 0.3 is 0 Å². The van der Waals surface area contributed by atoms with E-state index in [0.29, 0.717) is 33.1 Å².